The van der Waals surface area contributed by atoms with Crippen molar-refractivity contribution in [2.45, 2.75) is 0 Å². The second-order valence-electron chi connectivity index (χ2n) is 12.0. The van der Waals surface area contributed by atoms with Crippen molar-refractivity contribution >= 4 is 90.5 Å². The summed E-state index contributed by atoms with van der Waals surface area (Å²) >= 11 is 6.86. The number of hydrogen-bond acceptors (Lipinski definition) is 8. The molecule has 0 fully saturated rings. The Morgan fingerprint density at radius 2 is 0.904 bits per heavy atom. The van der Waals surface area contributed by atoms with Crippen LogP contribution in [0, 0.1) is 0 Å². The van der Waals surface area contributed by atoms with Gasteiger partial charge in [-0.05, 0) is 48.6 Å². The molecule has 0 saturated carbocycles. The summed E-state index contributed by atoms with van der Waals surface area (Å²) in [7, 11) is 8.27. The topological polar surface area (TPSA) is 65.0 Å². The molecule has 5 aliphatic heterocycles. The molecule has 9 rings (SSSR count). The quantitative estimate of drug-likeness (QED) is 0.184. The SMILES string of the molecule is C[n+]1csc(C2=CC3=CC4=NC(=CC5=NC(=CC6=NC(=C(c7c[n+](C)cs7)C2=N3)C(c2c[n+](C)cs2)=C6c2c[n+](C)cs2)C=C5)C=C4)c1.[Cl-].[Cl-].[Cl-].[Cl-]. The number of aromatic nitrogens is 4. The molecule has 0 saturated heterocycles. The van der Waals surface area contributed by atoms with Crippen LogP contribution < -0.4 is 67.9 Å². The van der Waals surface area contributed by atoms with Crippen LogP contribution in [0.15, 0.2) is 138 Å². The number of thiazole rings is 4. The molecule has 0 unspecified atom stereocenters. The molecule has 52 heavy (non-hydrogen) atoms. The van der Waals surface area contributed by atoms with Crippen LogP contribution in [0.1, 0.15) is 19.5 Å². The van der Waals surface area contributed by atoms with E-state index in [1.807, 2.05) is 24.3 Å². The van der Waals surface area contributed by atoms with E-state index in [1.165, 1.54) is 0 Å². The molecule has 0 amide bonds. The maximum absolute atomic E-state index is 5.58. The summed E-state index contributed by atoms with van der Waals surface area (Å²) < 4.78 is 8.43. The Labute approximate surface area is 341 Å². The Morgan fingerprint density at radius 3 is 1.42 bits per heavy atom. The van der Waals surface area contributed by atoms with Crippen molar-refractivity contribution < 1.29 is 67.9 Å². The van der Waals surface area contributed by atoms with E-state index in [1.54, 1.807) is 45.3 Å². The van der Waals surface area contributed by atoms with Gasteiger partial charge in [0.1, 0.15) is 47.7 Å². The van der Waals surface area contributed by atoms with Gasteiger partial charge in [0.15, 0.2) is 24.8 Å². The molecule has 0 N–H and O–H groups in total. The Bertz CT molecular complexity index is 2510. The van der Waals surface area contributed by atoms with Crippen molar-refractivity contribution in [3.05, 3.63) is 138 Å². The molecular weight excluding hydrogens is 815 g/mol. The van der Waals surface area contributed by atoms with Gasteiger partial charge in [-0.15, -0.1) is 0 Å². The van der Waals surface area contributed by atoms with Crippen molar-refractivity contribution in [2.24, 2.45) is 48.2 Å². The van der Waals surface area contributed by atoms with Crippen molar-refractivity contribution in [1.29, 1.82) is 0 Å². The van der Waals surface area contributed by atoms with Gasteiger partial charge in [0.2, 0.25) is 22.0 Å². The average Bonchev–Trinajstić information content (AvgIpc) is 3.88. The molecule has 0 spiro atoms. The summed E-state index contributed by atoms with van der Waals surface area (Å²) in [5.41, 5.74) is 19.8. The Hall–Kier alpha value is -3.72. The number of fused-ring (bicyclic) bond motifs is 4. The van der Waals surface area contributed by atoms with Crippen LogP contribution in [-0.2, 0) is 28.2 Å². The summed E-state index contributed by atoms with van der Waals surface area (Å²) in [5, 5.41) is 0. The van der Waals surface area contributed by atoms with Gasteiger partial charge in [-0.2, -0.15) is 18.3 Å². The van der Waals surface area contributed by atoms with Crippen LogP contribution in [0.5, 0.6) is 0 Å². The molecule has 4 aromatic heterocycles. The minimum Gasteiger partial charge on any atom is -1.00 e. The molecule has 264 valence electrons. The summed E-state index contributed by atoms with van der Waals surface area (Å²) in [6.07, 6.45) is 25.3. The first-order valence-corrected chi connectivity index (χ1v) is 18.7. The first-order valence-electron chi connectivity index (χ1n) is 15.2. The fourth-order valence-corrected chi connectivity index (χ4v) is 9.59. The summed E-state index contributed by atoms with van der Waals surface area (Å²) in [5.74, 6) is 0. The Morgan fingerprint density at radius 1 is 0.442 bits per heavy atom. The largest absolute Gasteiger partial charge is 1.00 e. The zero-order valence-electron chi connectivity index (χ0n) is 28.0. The standard InChI is InChI=1S/C36H28N8S4.4ClH/c1-41-13-28(45-17-41)26-11-25-10-23-6-5-21(37-23)9-22-7-8-24(38-22)12-27-32(29-14-42(2)18-46-29)33(30-15-43(3)19-47-30)36(40-27)34(35(26)39-25)31-16-44(4)20-48-31;;;;/h5-20H,1-4H3;4*1H/q+4;;;;/p-4. The van der Waals surface area contributed by atoms with Gasteiger partial charge < -0.3 is 49.6 Å². The Kier molecular flexibility index (Phi) is 11.9. The lowest BCUT2D eigenvalue weighted by Crippen LogP contribution is -3.00. The number of hydrogen-bond donors (Lipinski definition) is 0. The third kappa shape index (κ3) is 7.27. The number of nitrogens with zero attached hydrogens (tertiary/aromatic N) is 8. The van der Waals surface area contributed by atoms with E-state index in [9.17, 15) is 0 Å². The molecule has 9 heterocycles. The molecule has 8 nitrogen and oxygen atoms in total. The van der Waals surface area contributed by atoms with Gasteiger partial charge in [0.05, 0.1) is 51.2 Å². The third-order valence-corrected chi connectivity index (χ3v) is 12.2. The van der Waals surface area contributed by atoms with Gasteiger partial charge in [0, 0.05) is 16.7 Å². The van der Waals surface area contributed by atoms with Crippen molar-refractivity contribution in [2.75, 3.05) is 0 Å². The number of allylic oxidation sites excluding steroid dienone is 12. The lowest BCUT2D eigenvalue weighted by atomic mass is 9.94. The zero-order valence-corrected chi connectivity index (χ0v) is 34.2. The molecule has 5 aliphatic rings. The number of aryl methyl sites for hydroxylation is 4. The molecule has 0 aliphatic carbocycles. The summed E-state index contributed by atoms with van der Waals surface area (Å²) in [4.78, 5) is 25.4. The van der Waals surface area contributed by atoms with Crippen LogP contribution in [-0.4, -0.2) is 22.8 Å². The number of aliphatic imine (C=N–C) groups is 4. The van der Waals surface area contributed by atoms with Crippen LogP contribution in [0.25, 0.3) is 22.3 Å². The van der Waals surface area contributed by atoms with Crippen LogP contribution in [0.3, 0.4) is 0 Å². The van der Waals surface area contributed by atoms with Crippen LogP contribution >= 0.6 is 45.3 Å². The number of halogens is 4. The minimum atomic E-state index is 0. The zero-order chi connectivity index (χ0) is 32.5. The Balaban J connectivity index is 0.00000131. The molecule has 0 aromatic carbocycles. The first-order chi connectivity index (χ1) is 23.3. The fraction of sp³-hybridized carbons (Fsp3) is 0.111. The second-order valence-corrected chi connectivity index (χ2v) is 15.5. The lowest BCUT2D eigenvalue weighted by molar-refractivity contribution is -0.666. The molecule has 0 radical (unpaired) electrons. The third-order valence-electron chi connectivity index (χ3n) is 8.15. The van der Waals surface area contributed by atoms with Gasteiger partial charge in [0.25, 0.3) is 0 Å². The maximum Gasteiger partial charge on any atom is 0.225 e. The molecule has 4 aromatic rings. The van der Waals surface area contributed by atoms with Crippen molar-refractivity contribution in [3.63, 3.8) is 0 Å². The monoisotopic (exact) mass is 840 g/mol. The van der Waals surface area contributed by atoms with E-state index < -0.39 is 0 Å². The molecular formula is C36H28Cl4N8S4. The van der Waals surface area contributed by atoms with Gasteiger partial charge >= 0.3 is 0 Å². The summed E-state index contributed by atoms with van der Waals surface area (Å²) in [6.45, 7) is 0. The minimum absolute atomic E-state index is 0. The van der Waals surface area contributed by atoms with Gasteiger partial charge in [-0.25, -0.2) is 20.0 Å². The van der Waals surface area contributed by atoms with E-state index in [0.29, 0.717) is 0 Å². The van der Waals surface area contributed by atoms with Crippen LogP contribution in [0.4, 0.5) is 0 Å². The van der Waals surface area contributed by atoms with E-state index >= 15 is 0 Å². The highest BCUT2D eigenvalue weighted by Crippen LogP contribution is 2.47. The molecule has 16 heteroatoms. The normalized spacial score (nSPS) is 16.8. The summed E-state index contributed by atoms with van der Waals surface area (Å²) in [6, 6.07) is 0. The average molecular weight is 843 g/mol. The fourth-order valence-electron chi connectivity index (χ4n) is 6.09. The van der Waals surface area contributed by atoms with Crippen molar-refractivity contribution in [3.8, 4) is 0 Å². The van der Waals surface area contributed by atoms with E-state index in [0.717, 1.165) is 87.4 Å². The van der Waals surface area contributed by atoms with Gasteiger partial charge in [-0.3, -0.25) is 0 Å². The number of rotatable bonds is 4. The maximum atomic E-state index is 5.58. The van der Waals surface area contributed by atoms with Crippen molar-refractivity contribution in [1.82, 2.24) is 0 Å². The highest BCUT2D eigenvalue weighted by atomic mass is 35.5. The van der Waals surface area contributed by atoms with E-state index in [-0.39, 0.29) is 49.6 Å². The first kappa shape index (κ1) is 39.5. The van der Waals surface area contributed by atoms with Gasteiger partial charge in [-0.1, -0.05) is 45.3 Å². The molecule has 0 atom stereocenters. The highest BCUT2D eigenvalue weighted by molar-refractivity contribution is 7.13. The highest BCUT2D eigenvalue weighted by Gasteiger charge is 2.37. The second kappa shape index (κ2) is 15.7. The van der Waals surface area contributed by atoms with E-state index in [4.69, 9.17) is 20.0 Å². The van der Waals surface area contributed by atoms with E-state index in [2.05, 4.69) is 118 Å². The lowest BCUT2D eigenvalue weighted by Gasteiger charge is -2.12. The molecule has 8 bridgehead atoms. The predicted molar refractivity (Wildman–Crippen MR) is 196 cm³/mol. The predicted octanol–water partition coefficient (Wildman–Crippen LogP) is -6.75. The smallest absolute Gasteiger partial charge is 0.225 e. The van der Waals surface area contributed by atoms with Crippen LogP contribution in [0.2, 0.25) is 0 Å².